The fourth-order valence-electron chi connectivity index (χ4n) is 3.43. The minimum absolute atomic E-state index is 0.0870. The van der Waals surface area contributed by atoms with E-state index in [1.54, 1.807) is 0 Å². The van der Waals surface area contributed by atoms with E-state index >= 15 is 0 Å². The number of carbonyl (C=O) groups is 2. The Morgan fingerprint density at radius 2 is 2.15 bits per heavy atom. The monoisotopic (exact) mass is 383 g/mol. The number of halogens is 2. The van der Waals surface area contributed by atoms with Crippen LogP contribution in [0, 0.1) is 11.3 Å². The highest BCUT2D eigenvalue weighted by Crippen LogP contribution is 2.35. The van der Waals surface area contributed by atoms with E-state index in [1.165, 1.54) is 0 Å². The largest absolute Gasteiger partial charge is 0.387 e. The second-order valence-corrected chi connectivity index (χ2v) is 7.96. The zero-order chi connectivity index (χ0) is 19.9. The molecule has 0 radical (unpaired) electrons. The highest BCUT2D eigenvalue weighted by molar-refractivity contribution is 6.39. The third-order valence-electron chi connectivity index (χ3n) is 5.12. The van der Waals surface area contributed by atoms with E-state index in [0.29, 0.717) is 32.7 Å². The Kier molecular flexibility index (Phi) is 4.84. The molecule has 10 heteroatoms. The molecule has 3 rings (SSSR count). The number of likely N-dealkylation sites (tertiary alicyclic amines) is 1. The number of hydrogen-bond acceptors (Lipinski definition) is 6. The summed E-state index contributed by atoms with van der Waals surface area (Å²) in [5.74, 6) is -4.66. The minimum atomic E-state index is -3.16. The maximum absolute atomic E-state index is 13.5. The molecule has 0 bridgehead atoms. The Balaban J connectivity index is 1.64. The summed E-state index contributed by atoms with van der Waals surface area (Å²) < 4.78 is 27.0. The van der Waals surface area contributed by atoms with Crippen molar-refractivity contribution in [3.8, 4) is 6.07 Å². The van der Waals surface area contributed by atoms with Crippen LogP contribution in [0.2, 0.25) is 0 Å². The molecule has 2 heterocycles. The summed E-state index contributed by atoms with van der Waals surface area (Å²) in [6.07, 6.45) is 1.05. The summed E-state index contributed by atoms with van der Waals surface area (Å²) in [6, 6.07) is 0.502. The SMILES string of the molecule is CN1CCC2(CC(C(=O)NC(CC(C)(F)F)C(=O)NC3(C#N)CC3)=NO2)C1. The number of rotatable bonds is 6. The summed E-state index contributed by atoms with van der Waals surface area (Å²) in [5, 5.41) is 17.7. The molecule has 2 N–H and O–H groups in total. The topological polar surface area (TPSA) is 107 Å². The van der Waals surface area contributed by atoms with Gasteiger partial charge in [-0.25, -0.2) is 8.78 Å². The highest BCUT2D eigenvalue weighted by atomic mass is 19.3. The van der Waals surface area contributed by atoms with E-state index in [1.807, 2.05) is 13.1 Å². The summed E-state index contributed by atoms with van der Waals surface area (Å²) in [7, 11) is 1.93. The number of hydrogen-bond donors (Lipinski definition) is 2. The predicted octanol–water partition coefficient (Wildman–Crippen LogP) is 0.539. The molecule has 148 valence electrons. The van der Waals surface area contributed by atoms with E-state index in [4.69, 9.17) is 10.1 Å². The number of nitrogens with zero attached hydrogens (tertiary/aromatic N) is 3. The third-order valence-corrected chi connectivity index (χ3v) is 5.12. The normalized spacial score (nSPS) is 27.4. The average molecular weight is 383 g/mol. The molecular weight excluding hydrogens is 360 g/mol. The summed E-state index contributed by atoms with van der Waals surface area (Å²) in [4.78, 5) is 32.4. The molecule has 2 aliphatic heterocycles. The van der Waals surface area contributed by atoms with Crippen LogP contribution in [0.4, 0.5) is 8.78 Å². The van der Waals surface area contributed by atoms with Gasteiger partial charge >= 0.3 is 0 Å². The van der Waals surface area contributed by atoms with Crippen LogP contribution >= 0.6 is 0 Å². The summed E-state index contributed by atoms with van der Waals surface area (Å²) in [6.45, 7) is 2.11. The first kappa shape index (κ1) is 19.5. The van der Waals surface area contributed by atoms with Crippen molar-refractivity contribution < 1.29 is 23.2 Å². The maximum atomic E-state index is 13.5. The smallest absolute Gasteiger partial charge is 0.269 e. The zero-order valence-electron chi connectivity index (χ0n) is 15.3. The van der Waals surface area contributed by atoms with Crippen LogP contribution < -0.4 is 10.6 Å². The summed E-state index contributed by atoms with van der Waals surface area (Å²) in [5.41, 5.74) is -1.48. The Labute approximate surface area is 155 Å². The lowest BCUT2D eigenvalue weighted by atomic mass is 9.96. The number of nitriles is 1. The molecular formula is C17H23F2N5O3. The first-order valence-corrected chi connectivity index (χ1v) is 8.91. The van der Waals surface area contributed by atoms with E-state index < -0.39 is 41.3 Å². The number of likely N-dealkylation sites (N-methyl/N-ethyl adjacent to an activating group) is 1. The number of alkyl halides is 2. The maximum Gasteiger partial charge on any atom is 0.269 e. The molecule has 1 saturated heterocycles. The van der Waals surface area contributed by atoms with Crippen LogP contribution in [-0.4, -0.2) is 65.7 Å². The molecule has 0 aromatic rings. The van der Waals surface area contributed by atoms with Gasteiger partial charge in [0.2, 0.25) is 11.8 Å². The lowest BCUT2D eigenvalue weighted by Crippen LogP contribution is -2.53. The van der Waals surface area contributed by atoms with Gasteiger partial charge in [-0.3, -0.25) is 9.59 Å². The van der Waals surface area contributed by atoms with Crippen molar-refractivity contribution in [2.75, 3.05) is 20.1 Å². The third kappa shape index (κ3) is 4.53. The van der Waals surface area contributed by atoms with Crippen molar-refractivity contribution in [3.63, 3.8) is 0 Å². The van der Waals surface area contributed by atoms with Gasteiger partial charge in [-0.15, -0.1) is 0 Å². The van der Waals surface area contributed by atoms with Crippen molar-refractivity contribution in [3.05, 3.63) is 0 Å². The zero-order valence-corrected chi connectivity index (χ0v) is 15.3. The van der Waals surface area contributed by atoms with Crippen LogP contribution in [-0.2, 0) is 14.4 Å². The Hall–Kier alpha value is -2.28. The van der Waals surface area contributed by atoms with Gasteiger partial charge in [-0.1, -0.05) is 5.16 Å². The van der Waals surface area contributed by atoms with Gasteiger partial charge in [0.25, 0.3) is 5.91 Å². The van der Waals surface area contributed by atoms with Gasteiger partial charge in [-0.05, 0) is 26.8 Å². The van der Waals surface area contributed by atoms with Crippen molar-refractivity contribution in [2.45, 2.75) is 62.1 Å². The Bertz CT molecular complexity index is 710. The van der Waals surface area contributed by atoms with Gasteiger partial charge in [0.1, 0.15) is 17.3 Å². The van der Waals surface area contributed by atoms with Gasteiger partial charge in [0.05, 0.1) is 6.07 Å². The molecule has 1 spiro atoms. The minimum Gasteiger partial charge on any atom is -0.387 e. The van der Waals surface area contributed by atoms with Crippen molar-refractivity contribution in [2.24, 2.45) is 5.16 Å². The van der Waals surface area contributed by atoms with Gasteiger partial charge < -0.3 is 20.4 Å². The highest BCUT2D eigenvalue weighted by Gasteiger charge is 2.48. The van der Waals surface area contributed by atoms with Crippen LogP contribution in [0.15, 0.2) is 5.16 Å². The molecule has 0 aromatic carbocycles. The van der Waals surface area contributed by atoms with Crippen LogP contribution in [0.5, 0.6) is 0 Å². The van der Waals surface area contributed by atoms with E-state index in [9.17, 15) is 18.4 Å². The fourth-order valence-corrected chi connectivity index (χ4v) is 3.43. The molecule has 2 unspecified atom stereocenters. The second-order valence-electron chi connectivity index (χ2n) is 7.96. The van der Waals surface area contributed by atoms with Crippen molar-refractivity contribution in [1.29, 1.82) is 5.26 Å². The first-order valence-electron chi connectivity index (χ1n) is 8.91. The molecule has 27 heavy (non-hydrogen) atoms. The van der Waals surface area contributed by atoms with Crippen molar-refractivity contribution >= 4 is 17.5 Å². The fraction of sp³-hybridized carbons (Fsp3) is 0.765. The van der Waals surface area contributed by atoms with E-state index in [0.717, 1.165) is 6.54 Å². The first-order chi connectivity index (χ1) is 12.6. The lowest BCUT2D eigenvalue weighted by Gasteiger charge is -2.23. The Morgan fingerprint density at radius 1 is 1.44 bits per heavy atom. The number of carbonyl (C=O) groups excluding carboxylic acids is 2. The number of oxime groups is 1. The second kappa shape index (κ2) is 6.71. The predicted molar refractivity (Wildman–Crippen MR) is 90.9 cm³/mol. The molecule has 8 nitrogen and oxygen atoms in total. The molecule has 2 amide bonds. The van der Waals surface area contributed by atoms with Crippen LogP contribution in [0.25, 0.3) is 0 Å². The molecule has 2 fully saturated rings. The van der Waals surface area contributed by atoms with Gasteiger partial charge in [-0.2, -0.15) is 5.26 Å². The lowest BCUT2D eigenvalue weighted by molar-refractivity contribution is -0.129. The van der Waals surface area contributed by atoms with Gasteiger partial charge in [0.15, 0.2) is 5.60 Å². The number of nitrogens with one attached hydrogen (secondary N) is 2. The van der Waals surface area contributed by atoms with E-state index in [-0.39, 0.29) is 12.1 Å². The molecule has 1 saturated carbocycles. The van der Waals surface area contributed by atoms with Crippen LogP contribution in [0.1, 0.15) is 39.0 Å². The van der Waals surface area contributed by atoms with Crippen LogP contribution in [0.3, 0.4) is 0 Å². The molecule has 0 aromatic heterocycles. The summed E-state index contributed by atoms with van der Waals surface area (Å²) >= 11 is 0. The molecule has 2 atom stereocenters. The van der Waals surface area contributed by atoms with E-state index in [2.05, 4.69) is 20.7 Å². The van der Waals surface area contributed by atoms with Crippen molar-refractivity contribution in [1.82, 2.24) is 15.5 Å². The molecule has 3 aliphatic rings. The average Bonchev–Trinajstić information content (AvgIpc) is 3.07. The standard InChI is InChI=1S/C17H23F2N5O3/c1-15(18,19)7-11(14(26)22-16(9-20)3-4-16)21-13(25)12-8-17(27-23-12)5-6-24(2)10-17/h11H,3-8,10H2,1-2H3,(H,21,25)(H,22,26). The Morgan fingerprint density at radius 3 is 2.67 bits per heavy atom. The number of amides is 2. The molecule has 1 aliphatic carbocycles. The van der Waals surface area contributed by atoms with Gasteiger partial charge in [0, 0.05) is 32.4 Å². The quantitative estimate of drug-likeness (QED) is 0.696.